The Morgan fingerprint density at radius 2 is 2.00 bits per heavy atom. The minimum absolute atomic E-state index is 0.0317. The Labute approximate surface area is 148 Å². The van der Waals surface area contributed by atoms with Crippen LogP contribution in [-0.4, -0.2) is 24.9 Å². The van der Waals surface area contributed by atoms with Crippen molar-refractivity contribution in [2.24, 2.45) is 4.99 Å². The number of nitrogens with zero attached hydrogens (tertiary/aromatic N) is 1. The first-order valence-corrected chi connectivity index (χ1v) is 7.61. The Hall–Kier alpha value is -3.48. The second-order valence-corrected chi connectivity index (χ2v) is 5.35. The number of ether oxygens (including phenoxy) is 3. The fourth-order valence-corrected chi connectivity index (χ4v) is 2.33. The third-order valence-electron chi connectivity index (χ3n) is 3.44. The molecular formula is C19H14FNO5. The Kier molecular flexibility index (Phi) is 4.79. The quantitative estimate of drug-likeness (QED) is 0.479. The Bertz CT molecular complexity index is 949. The van der Waals surface area contributed by atoms with Gasteiger partial charge in [-0.1, -0.05) is 12.1 Å². The molecule has 1 heterocycles. The van der Waals surface area contributed by atoms with Crippen molar-refractivity contribution < 1.29 is 28.2 Å². The van der Waals surface area contributed by atoms with Crippen molar-refractivity contribution in [3.8, 4) is 11.5 Å². The molecule has 132 valence electrons. The number of methoxy groups -OCH3 is 1. The summed E-state index contributed by atoms with van der Waals surface area (Å²) in [5.74, 6) is -0.950. The molecule has 2 aromatic carbocycles. The van der Waals surface area contributed by atoms with Gasteiger partial charge < -0.3 is 14.2 Å². The van der Waals surface area contributed by atoms with E-state index in [-0.39, 0.29) is 17.3 Å². The van der Waals surface area contributed by atoms with Crippen LogP contribution < -0.4 is 9.47 Å². The maximum atomic E-state index is 13.3. The average molecular weight is 355 g/mol. The predicted molar refractivity (Wildman–Crippen MR) is 91.3 cm³/mol. The highest BCUT2D eigenvalue weighted by molar-refractivity contribution is 6.12. The third-order valence-corrected chi connectivity index (χ3v) is 3.44. The molecule has 1 aliphatic heterocycles. The molecular weight excluding hydrogens is 341 g/mol. The van der Waals surface area contributed by atoms with E-state index in [1.54, 1.807) is 24.3 Å². The molecule has 2 aromatic rings. The van der Waals surface area contributed by atoms with Gasteiger partial charge in [0.25, 0.3) is 0 Å². The highest BCUT2D eigenvalue weighted by Crippen LogP contribution is 2.30. The van der Waals surface area contributed by atoms with Gasteiger partial charge in [0, 0.05) is 12.5 Å². The maximum absolute atomic E-state index is 13.3. The maximum Gasteiger partial charge on any atom is 0.363 e. The fraction of sp³-hybridized carbons (Fsp3) is 0.105. The van der Waals surface area contributed by atoms with Crippen LogP contribution in [0.3, 0.4) is 0 Å². The summed E-state index contributed by atoms with van der Waals surface area (Å²) in [5, 5.41) is 0. The van der Waals surface area contributed by atoms with Gasteiger partial charge in [0.1, 0.15) is 5.82 Å². The number of carbonyl (C=O) groups excluding carboxylic acids is 2. The molecule has 0 amide bonds. The number of rotatable bonds is 4. The number of hydrogen-bond donors (Lipinski definition) is 0. The molecule has 0 radical (unpaired) electrons. The van der Waals surface area contributed by atoms with Crippen LogP contribution in [0.25, 0.3) is 6.08 Å². The summed E-state index contributed by atoms with van der Waals surface area (Å²) in [7, 11) is 1.43. The molecule has 0 N–H and O–H groups in total. The van der Waals surface area contributed by atoms with Crippen LogP contribution >= 0.6 is 0 Å². The smallest absolute Gasteiger partial charge is 0.363 e. The summed E-state index contributed by atoms with van der Waals surface area (Å²) in [6.07, 6.45) is 1.49. The van der Waals surface area contributed by atoms with E-state index >= 15 is 0 Å². The lowest BCUT2D eigenvalue weighted by Crippen LogP contribution is -2.05. The van der Waals surface area contributed by atoms with E-state index in [2.05, 4.69) is 4.99 Å². The lowest BCUT2D eigenvalue weighted by atomic mass is 10.1. The van der Waals surface area contributed by atoms with E-state index in [1.807, 2.05) is 0 Å². The topological polar surface area (TPSA) is 74.2 Å². The van der Waals surface area contributed by atoms with Crippen molar-refractivity contribution in [1.82, 2.24) is 0 Å². The monoisotopic (exact) mass is 355 g/mol. The summed E-state index contributed by atoms with van der Waals surface area (Å²) < 4.78 is 28.6. The highest BCUT2D eigenvalue weighted by Gasteiger charge is 2.24. The molecule has 7 heteroatoms. The number of benzene rings is 2. The SMILES string of the molecule is COc1cc(/C=C2\N=C(c3cccc(F)c3)OC2=O)ccc1OC(C)=O. The lowest BCUT2D eigenvalue weighted by molar-refractivity contribution is -0.132. The van der Waals surface area contributed by atoms with Gasteiger partial charge in [-0.2, -0.15) is 0 Å². The van der Waals surface area contributed by atoms with E-state index in [4.69, 9.17) is 14.2 Å². The van der Waals surface area contributed by atoms with Crippen LogP contribution in [0.5, 0.6) is 11.5 Å². The summed E-state index contributed by atoms with van der Waals surface area (Å²) in [4.78, 5) is 27.2. The average Bonchev–Trinajstić information content (AvgIpc) is 2.96. The molecule has 0 atom stereocenters. The summed E-state index contributed by atoms with van der Waals surface area (Å²) in [6.45, 7) is 1.28. The first kappa shape index (κ1) is 17.3. The summed E-state index contributed by atoms with van der Waals surface area (Å²) >= 11 is 0. The van der Waals surface area contributed by atoms with Crippen LogP contribution in [-0.2, 0) is 14.3 Å². The van der Waals surface area contributed by atoms with Crippen LogP contribution in [0.1, 0.15) is 18.1 Å². The van der Waals surface area contributed by atoms with Gasteiger partial charge in [-0.25, -0.2) is 14.2 Å². The zero-order valence-electron chi connectivity index (χ0n) is 14.0. The highest BCUT2D eigenvalue weighted by atomic mass is 19.1. The molecule has 0 saturated heterocycles. The molecule has 0 aromatic heterocycles. The number of aliphatic imine (C=N–C) groups is 1. The molecule has 1 aliphatic rings. The predicted octanol–water partition coefficient (Wildman–Crippen LogP) is 3.10. The standard InChI is InChI=1S/C19H14FNO5/c1-11(22)25-16-7-6-12(9-17(16)24-2)8-15-19(23)26-18(21-15)13-4-3-5-14(20)10-13/h3-10H,1-2H3/b15-8-. The molecule has 6 nitrogen and oxygen atoms in total. The molecule has 0 bridgehead atoms. The molecule has 0 saturated carbocycles. The number of halogens is 1. The Balaban J connectivity index is 1.92. The van der Waals surface area contributed by atoms with E-state index in [0.717, 1.165) is 0 Å². The van der Waals surface area contributed by atoms with Gasteiger partial charge in [0.2, 0.25) is 5.90 Å². The lowest BCUT2D eigenvalue weighted by Gasteiger charge is -2.08. The minimum Gasteiger partial charge on any atom is -0.493 e. The van der Waals surface area contributed by atoms with E-state index in [9.17, 15) is 14.0 Å². The van der Waals surface area contributed by atoms with Crippen molar-refractivity contribution in [2.75, 3.05) is 7.11 Å². The summed E-state index contributed by atoms with van der Waals surface area (Å²) in [5.41, 5.74) is 1.02. The van der Waals surface area contributed by atoms with Gasteiger partial charge in [-0.3, -0.25) is 4.79 Å². The van der Waals surface area contributed by atoms with Crippen molar-refractivity contribution >= 4 is 23.9 Å². The number of cyclic esters (lactones) is 1. The van der Waals surface area contributed by atoms with Crippen molar-refractivity contribution in [2.45, 2.75) is 6.92 Å². The molecule has 0 spiro atoms. The second kappa shape index (κ2) is 7.18. The normalized spacial score (nSPS) is 14.8. The number of esters is 2. The molecule has 26 heavy (non-hydrogen) atoms. The minimum atomic E-state index is -0.646. The van der Waals surface area contributed by atoms with Gasteiger partial charge in [-0.05, 0) is 42.0 Å². The zero-order valence-corrected chi connectivity index (χ0v) is 14.0. The first-order chi connectivity index (χ1) is 12.5. The molecule has 0 fully saturated rings. The van der Waals surface area contributed by atoms with Crippen molar-refractivity contribution in [3.63, 3.8) is 0 Å². The van der Waals surface area contributed by atoms with E-state index < -0.39 is 17.8 Å². The number of carbonyl (C=O) groups is 2. The Morgan fingerprint density at radius 1 is 1.19 bits per heavy atom. The second-order valence-electron chi connectivity index (χ2n) is 5.35. The van der Waals surface area contributed by atoms with Crippen molar-refractivity contribution in [1.29, 1.82) is 0 Å². The fourth-order valence-electron chi connectivity index (χ4n) is 2.33. The number of hydrogen-bond acceptors (Lipinski definition) is 6. The van der Waals surface area contributed by atoms with Crippen LogP contribution in [0, 0.1) is 5.82 Å². The first-order valence-electron chi connectivity index (χ1n) is 7.61. The van der Waals surface area contributed by atoms with E-state index in [0.29, 0.717) is 16.9 Å². The van der Waals surface area contributed by atoms with Crippen LogP contribution in [0.2, 0.25) is 0 Å². The zero-order chi connectivity index (χ0) is 18.7. The third kappa shape index (κ3) is 3.77. The van der Waals surface area contributed by atoms with E-state index in [1.165, 1.54) is 38.3 Å². The molecule has 3 rings (SSSR count). The van der Waals surface area contributed by atoms with Crippen LogP contribution in [0.15, 0.2) is 53.2 Å². The largest absolute Gasteiger partial charge is 0.493 e. The summed E-state index contributed by atoms with van der Waals surface area (Å²) in [6, 6.07) is 10.4. The van der Waals surface area contributed by atoms with Gasteiger partial charge >= 0.3 is 11.9 Å². The van der Waals surface area contributed by atoms with Gasteiger partial charge in [-0.15, -0.1) is 0 Å². The van der Waals surface area contributed by atoms with Gasteiger partial charge in [0.15, 0.2) is 17.2 Å². The van der Waals surface area contributed by atoms with Gasteiger partial charge in [0.05, 0.1) is 7.11 Å². The molecule has 0 unspecified atom stereocenters. The van der Waals surface area contributed by atoms with Crippen LogP contribution in [0.4, 0.5) is 4.39 Å². The Morgan fingerprint density at radius 3 is 2.69 bits per heavy atom. The van der Waals surface area contributed by atoms with Crippen molar-refractivity contribution in [3.05, 3.63) is 65.1 Å². The molecule has 0 aliphatic carbocycles.